The van der Waals surface area contributed by atoms with E-state index in [0.29, 0.717) is 32.4 Å². The van der Waals surface area contributed by atoms with Crippen molar-refractivity contribution in [2.45, 2.75) is 35.6 Å². The summed E-state index contributed by atoms with van der Waals surface area (Å²) in [5.41, 5.74) is 1.12. The van der Waals surface area contributed by atoms with E-state index in [-0.39, 0.29) is 17.2 Å². The fourth-order valence-electron chi connectivity index (χ4n) is 3.38. The van der Waals surface area contributed by atoms with E-state index in [0.717, 1.165) is 5.56 Å². The second-order valence-electron chi connectivity index (χ2n) is 6.83. The lowest BCUT2D eigenvalue weighted by atomic mass is 10.1. The van der Waals surface area contributed by atoms with Crippen molar-refractivity contribution in [2.75, 3.05) is 19.6 Å². The summed E-state index contributed by atoms with van der Waals surface area (Å²) in [6.07, 6.45) is 0.667. The topological polar surface area (TPSA) is 57.6 Å². The molecule has 1 aliphatic heterocycles. The number of likely N-dealkylation sites (tertiary alicyclic amines) is 1. The summed E-state index contributed by atoms with van der Waals surface area (Å²) in [5, 5.41) is 8.80. The molecule has 0 bridgehead atoms. The highest BCUT2D eigenvalue weighted by Crippen LogP contribution is 2.25. The molecule has 2 unspecified atom stereocenters. The van der Waals surface area contributed by atoms with E-state index >= 15 is 0 Å². The number of sulfone groups is 1. The van der Waals surface area contributed by atoms with E-state index in [1.807, 2.05) is 35.2 Å². The molecule has 6 heteroatoms. The smallest absolute Gasteiger partial charge is 0.182 e. The third-order valence-corrected chi connectivity index (χ3v) is 7.07. The molecule has 2 aromatic rings. The number of alkyl halides is 1. The first-order chi connectivity index (χ1) is 12.4. The fraction of sp³-hybridized carbons (Fsp3) is 0.400. The maximum Gasteiger partial charge on any atom is 0.182 e. The van der Waals surface area contributed by atoms with Crippen molar-refractivity contribution in [3.63, 3.8) is 0 Å². The maximum absolute atomic E-state index is 14.3. The quantitative estimate of drug-likeness (QED) is 0.805. The van der Waals surface area contributed by atoms with Crippen LogP contribution in [0.4, 0.5) is 4.39 Å². The Morgan fingerprint density at radius 3 is 2.50 bits per heavy atom. The molecule has 1 saturated heterocycles. The van der Waals surface area contributed by atoms with E-state index in [4.69, 9.17) is 0 Å². The van der Waals surface area contributed by atoms with E-state index in [1.54, 1.807) is 0 Å². The summed E-state index contributed by atoms with van der Waals surface area (Å²) < 4.78 is 39.7. The van der Waals surface area contributed by atoms with Crippen LogP contribution in [0.25, 0.3) is 0 Å². The molecule has 0 radical (unpaired) electrons. The Kier molecular flexibility index (Phi) is 5.94. The normalized spacial score (nSPS) is 19.5. The lowest BCUT2D eigenvalue weighted by Gasteiger charge is -2.19. The molecule has 26 heavy (non-hydrogen) atoms. The number of aryl methyl sites for hydroxylation is 1. The number of benzene rings is 2. The molecule has 0 aromatic heterocycles. The maximum atomic E-state index is 14.3. The first-order valence-corrected chi connectivity index (χ1v) is 10.4. The van der Waals surface area contributed by atoms with Crippen molar-refractivity contribution >= 4 is 9.84 Å². The van der Waals surface area contributed by atoms with E-state index in [2.05, 4.69) is 0 Å². The molecule has 1 aliphatic rings. The summed E-state index contributed by atoms with van der Waals surface area (Å²) in [7, 11) is -3.45. The van der Waals surface area contributed by atoms with Gasteiger partial charge in [0.2, 0.25) is 0 Å². The summed E-state index contributed by atoms with van der Waals surface area (Å²) >= 11 is 0. The Bertz CT molecular complexity index is 809. The lowest BCUT2D eigenvalue weighted by Crippen LogP contribution is -2.31. The van der Waals surface area contributed by atoms with Crippen LogP contribution in [0.5, 0.6) is 5.75 Å². The number of rotatable bonds is 7. The first-order valence-electron chi connectivity index (χ1n) is 8.88. The van der Waals surface area contributed by atoms with E-state index in [9.17, 15) is 17.9 Å². The van der Waals surface area contributed by atoms with E-state index in [1.165, 1.54) is 24.3 Å². The molecule has 0 spiro atoms. The second-order valence-corrected chi connectivity index (χ2v) is 9.06. The molecule has 2 aromatic carbocycles. The van der Waals surface area contributed by atoms with Crippen LogP contribution in [0, 0.1) is 0 Å². The molecular formula is C20H24FNO3S. The zero-order valence-electron chi connectivity index (χ0n) is 14.6. The first kappa shape index (κ1) is 18.9. The van der Waals surface area contributed by atoms with Crippen molar-refractivity contribution in [1.29, 1.82) is 0 Å². The van der Waals surface area contributed by atoms with Crippen molar-refractivity contribution < 1.29 is 17.9 Å². The van der Waals surface area contributed by atoms with Gasteiger partial charge in [-0.25, -0.2) is 12.8 Å². The second kappa shape index (κ2) is 8.18. The standard InChI is InChI=1S/C20H24FNO3S/c21-17(7-6-16-4-2-1-3-5-16)14-22-13-12-20(15-22)26(24,25)19-10-8-18(23)9-11-19/h1-5,8-11,17,20,23H,6-7,12-15H2. The minimum Gasteiger partial charge on any atom is -0.508 e. The van der Waals surface area contributed by atoms with Gasteiger partial charge in [-0.2, -0.15) is 0 Å². The minimum atomic E-state index is -3.45. The summed E-state index contributed by atoms with van der Waals surface area (Å²) in [5.74, 6) is 0.0377. The number of phenols is 1. The molecule has 1 heterocycles. The Morgan fingerprint density at radius 2 is 1.81 bits per heavy atom. The van der Waals surface area contributed by atoms with Crippen LogP contribution in [0.15, 0.2) is 59.5 Å². The van der Waals surface area contributed by atoms with Crippen LogP contribution in [0.2, 0.25) is 0 Å². The van der Waals surface area contributed by atoms with Crippen LogP contribution < -0.4 is 0 Å². The average Bonchev–Trinajstić information content (AvgIpc) is 3.10. The van der Waals surface area contributed by atoms with Crippen molar-refractivity contribution in [1.82, 2.24) is 4.90 Å². The fourth-order valence-corrected chi connectivity index (χ4v) is 5.11. The minimum absolute atomic E-state index is 0.0377. The Labute approximate surface area is 154 Å². The summed E-state index contributed by atoms with van der Waals surface area (Å²) in [4.78, 5) is 2.11. The van der Waals surface area contributed by atoms with E-state index < -0.39 is 21.3 Å². The van der Waals surface area contributed by atoms with Crippen LogP contribution >= 0.6 is 0 Å². The van der Waals surface area contributed by atoms with Gasteiger partial charge in [0.15, 0.2) is 9.84 Å². The van der Waals surface area contributed by atoms with Crippen LogP contribution in [0.1, 0.15) is 18.4 Å². The van der Waals surface area contributed by atoms with Gasteiger partial charge in [-0.1, -0.05) is 30.3 Å². The molecule has 140 valence electrons. The third-order valence-electron chi connectivity index (χ3n) is 4.88. The number of phenolic OH excluding ortho intramolecular Hbond substituents is 1. The number of aromatic hydroxyl groups is 1. The lowest BCUT2D eigenvalue weighted by molar-refractivity contribution is 0.211. The van der Waals surface area contributed by atoms with Gasteiger partial charge in [0, 0.05) is 13.1 Å². The van der Waals surface area contributed by atoms with Gasteiger partial charge < -0.3 is 5.11 Å². The number of hydrogen-bond donors (Lipinski definition) is 1. The summed E-state index contributed by atoms with van der Waals surface area (Å²) in [6.45, 7) is 1.22. The third kappa shape index (κ3) is 4.62. The zero-order valence-corrected chi connectivity index (χ0v) is 15.4. The monoisotopic (exact) mass is 377 g/mol. The molecule has 0 saturated carbocycles. The summed E-state index contributed by atoms with van der Waals surface area (Å²) in [6, 6.07) is 15.4. The van der Waals surface area contributed by atoms with Gasteiger partial charge in [-0.15, -0.1) is 0 Å². The van der Waals surface area contributed by atoms with Crippen molar-refractivity contribution in [3.05, 3.63) is 60.2 Å². The zero-order chi connectivity index (χ0) is 18.6. The van der Waals surface area contributed by atoms with Gasteiger partial charge >= 0.3 is 0 Å². The van der Waals surface area contributed by atoms with Gasteiger partial charge in [0.05, 0.1) is 10.1 Å². The van der Waals surface area contributed by atoms with Gasteiger partial charge in [-0.3, -0.25) is 4.90 Å². The van der Waals surface area contributed by atoms with Crippen LogP contribution in [-0.4, -0.2) is 49.5 Å². The highest BCUT2D eigenvalue weighted by atomic mass is 32.2. The molecule has 3 rings (SSSR count). The average molecular weight is 377 g/mol. The predicted molar refractivity (Wildman–Crippen MR) is 99.8 cm³/mol. The number of nitrogens with zero attached hydrogens (tertiary/aromatic N) is 1. The van der Waals surface area contributed by atoms with Crippen molar-refractivity contribution in [3.8, 4) is 5.75 Å². The van der Waals surface area contributed by atoms with Crippen LogP contribution in [0.3, 0.4) is 0 Å². The molecule has 1 N–H and O–H groups in total. The Hall–Kier alpha value is -1.92. The molecule has 0 amide bonds. The Morgan fingerprint density at radius 1 is 1.12 bits per heavy atom. The molecule has 0 aliphatic carbocycles. The SMILES string of the molecule is O=S(=O)(c1ccc(O)cc1)C1CCN(CC(F)CCc2ccccc2)C1. The van der Waals surface area contributed by atoms with Gasteiger partial charge in [0.25, 0.3) is 0 Å². The molecule has 2 atom stereocenters. The van der Waals surface area contributed by atoms with Gasteiger partial charge in [0.1, 0.15) is 11.9 Å². The van der Waals surface area contributed by atoms with Crippen molar-refractivity contribution in [2.24, 2.45) is 0 Å². The van der Waals surface area contributed by atoms with Gasteiger partial charge in [-0.05, 0) is 55.6 Å². The Balaban J connectivity index is 1.52. The molecule has 1 fully saturated rings. The van der Waals surface area contributed by atoms with Crippen LogP contribution in [-0.2, 0) is 16.3 Å². The highest BCUT2D eigenvalue weighted by Gasteiger charge is 2.34. The molecular weight excluding hydrogens is 353 g/mol. The molecule has 4 nitrogen and oxygen atoms in total. The predicted octanol–water partition coefficient (Wildman–Crippen LogP) is 3.21. The highest BCUT2D eigenvalue weighted by molar-refractivity contribution is 7.92. The number of halogens is 1. The number of hydrogen-bond acceptors (Lipinski definition) is 4. The largest absolute Gasteiger partial charge is 0.508 e.